The molecule has 128 valence electrons. The van der Waals surface area contributed by atoms with Crippen LogP contribution in [-0.4, -0.2) is 19.6 Å². The van der Waals surface area contributed by atoms with Crippen molar-refractivity contribution < 1.29 is 14.3 Å². The number of hydrogen-bond donors (Lipinski definition) is 1. The van der Waals surface area contributed by atoms with Crippen LogP contribution in [0.1, 0.15) is 11.1 Å². The van der Waals surface area contributed by atoms with E-state index in [-0.39, 0.29) is 12.5 Å². The number of nitrogens with zero attached hydrogens (tertiary/aromatic N) is 1. The number of methoxy groups -OCH3 is 1. The minimum Gasteiger partial charge on any atom is -0.493 e. The van der Waals surface area contributed by atoms with Crippen molar-refractivity contribution in [1.29, 1.82) is 5.26 Å². The highest BCUT2D eigenvalue weighted by atomic mass is 16.5. The van der Waals surface area contributed by atoms with Gasteiger partial charge < -0.3 is 14.8 Å². The van der Waals surface area contributed by atoms with E-state index in [9.17, 15) is 4.79 Å². The zero-order valence-corrected chi connectivity index (χ0v) is 14.1. The molecule has 25 heavy (non-hydrogen) atoms. The van der Waals surface area contributed by atoms with Crippen molar-refractivity contribution in [2.75, 3.05) is 19.0 Å². The summed E-state index contributed by atoms with van der Waals surface area (Å²) in [5.41, 5.74) is 2.62. The lowest BCUT2D eigenvalue weighted by Gasteiger charge is -2.12. The Kier molecular flexibility index (Phi) is 6.61. The molecule has 2 aromatic rings. The number of amides is 1. The summed E-state index contributed by atoms with van der Waals surface area (Å²) in [6, 6.07) is 14.8. The van der Waals surface area contributed by atoms with Crippen LogP contribution in [0.4, 0.5) is 5.69 Å². The standard InChI is InChI=1S/C20H20N2O3/c1-3-4-16-7-10-18(19(13-16)24-2)25-14-20(23)22-17-8-5-15(6-9-17)11-12-21/h3,5-10,13H,1,4,11,14H2,2H3,(H,22,23). The van der Waals surface area contributed by atoms with Gasteiger partial charge in [-0.25, -0.2) is 0 Å². The topological polar surface area (TPSA) is 71.3 Å². The SMILES string of the molecule is C=CCc1ccc(OCC(=O)Nc2ccc(CC#N)cc2)c(OC)c1. The van der Waals surface area contributed by atoms with Gasteiger partial charge in [0, 0.05) is 5.69 Å². The normalized spacial score (nSPS) is 9.76. The molecule has 0 aliphatic heterocycles. The van der Waals surface area contributed by atoms with Gasteiger partial charge in [-0.3, -0.25) is 4.79 Å². The molecule has 5 nitrogen and oxygen atoms in total. The van der Waals surface area contributed by atoms with Crippen LogP contribution in [0.2, 0.25) is 0 Å². The van der Waals surface area contributed by atoms with Gasteiger partial charge in [-0.1, -0.05) is 24.3 Å². The lowest BCUT2D eigenvalue weighted by atomic mass is 10.1. The number of benzene rings is 2. The highest BCUT2D eigenvalue weighted by Crippen LogP contribution is 2.28. The summed E-state index contributed by atoms with van der Waals surface area (Å²) in [6.07, 6.45) is 2.89. The van der Waals surface area contributed by atoms with Crippen LogP contribution in [0.5, 0.6) is 11.5 Å². The molecule has 0 atom stereocenters. The summed E-state index contributed by atoms with van der Waals surface area (Å²) in [4.78, 5) is 12.0. The van der Waals surface area contributed by atoms with E-state index < -0.39 is 0 Å². The highest BCUT2D eigenvalue weighted by Gasteiger charge is 2.09. The van der Waals surface area contributed by atoms with Gasteiger partial charge in [-0.05, 0) is 41.8 Å². The first kappa shape index (κ1) is 18.1. The second-order valence-electron chi connectivity index (χ2n) is 5.35. The molecule has 0 unspecified atom stereocenters. The smallest absolute Gasteiger partial charge is 0.262 e. The fourth-order valence-corrected chi connectivity index (χ4v) is 2.26. The number of rotatable bonds is 8. The van der Waals surface area contributed by atoms with Crippen molar-refractivity contribution in [3.63, 3.8) is 0 Å². The van der Waals surface area contributed by atoms with Crippen LogP contribution in [-0.2, 0) is 17.6 Å². The fraction of sp³-hybridized carbons (Fsp3) is 0.200. The van der Waals surface area contributed by atoms with Crippen molar-refractivity contribution in [2.45, 2.75) is 12.8 Å². The Morgan fingerprint density at radius 1 is 1.20 bits per heavy atom. The third-order valence-corrected chi connectivity index (χ3v) is 3.49. The zero-order valence-electron chi connectivity index (χ0n) is 14.1. The number of nitrogens with one attached hydrogen (secondary N) is 1. The second-order valence-corrected chi connectivity index (χ2v) is 5.35. The maximum absolute atomic E-state index is 12.0. The lowest BCUT2D eigenvalue weighted by molar-refractivity contribution is -0.118. The van der Waals surface area contributed by atoms with Crippen LogP contribution < -0.4 is 14.8 Å². The molecule has 2 rings (SSSR count). The largest absolute Gasteiger partial charge is 0.493 e. The fourth-order valence-electron chi connectivity index (χ4n) is 2.26. The molecule has 0 radical (unpaired) electrons. The molecule has 0 heterocycles. The Morgan fingerprint density at radius 2 is 1.92 bits per heavy atom. The number of carbonyl (C=O) groups is 1. The molecule has 1 amide bonds. The van der Waals surface area contributed by atoms with Crippen LogP contribution in [0.3, 0.4) is 0 Å². The number of hydrogen-bond acceptors (Lipinski definition) is 4. The summed E-state index contributed by atoms with van der Waals surface area (Å²) < 4.78 is 10.9. The zero-order chi connectivity index (χ0) is 18.1. The van der Waals surface area contributed by atoms with E-state index in [1.165, 1.54) is 0 Å². The van der Waals surface area contributed by atoms with Gasteiger partial charge in [0.05, 0.1) is 19.6 Å². The maximum atomic E-state index is 12.0. The second kappa shape index (κ2) is 9.14. The van der Waals surface area contributed by atoms with Crippen molar-refractivity contribution in [1.82, 2.24) is 0 Å². The van der Waals surface area contributed by atoms with E-state index in [1.807, 2.05) is 18.2 Å². The number of allylic oxidation sites excluding steroid dienone is 1. The summed E-state index contributed by atoms with van der Waals surface area (Å²) in [7, 11) is 1.56. The molecular weight excluding hydrogens is 316 g/mol. The van der Waals surface area contributed by atoms with E-state index in [2.05, 4.69) is 18.0 Å². The first-order valence-corrected chi connectivity index (χ1v) is 7.82. The predicted molar refractivity (Wildman–Crippen MR) is 96.8 cm³/mol. The Bertz CT molecular complexity index is 777. The van der Waals surface area contributed by atoms with Crippen molar-refractivity contribution >= 4 is 11.6 Å². The maximum Gasteiger partial charge on any atom is 0.262 e. The molecule has 0 bridgehead atoms. The average Bonchev–Trinajstić information content (AvgIpc) is 2.62. The van der Waals surface area contributed by atoms with Crippen molar-refractivity contribution in [3.8, 4) is 17.6 Å². The third-order valence-electron chi connectivity index (χ3n) is 3.49. The number of carbonyl (C=O) groups excluding carboxylic acids is 1. The molecule has 1 N–H and O–H groups in total. The quantitative estimate of drug-likeness (QED) is 0.749. The van der Waals surface area contributed by atoms with Crippen molar-refractivity contribution in [3.05, 3.63) is 66.2 Å². The lowest BCUT2D eigenvalue weighted by Crippen LogP contribution is -2.20. The third kappa shape index (κ3) is 5.40. The molecule has 0 spiro atoms. The van der Waals surface area contributed by atoms with E-state index in [0.29, 0.717) is 23.6 Å². The molecule has 0 aromatic heterocycles. The predicted octanol–water partition coefficient (Wildman–Crippen LogP) is 3.51. The van der Waals surface area contributed by atoms with E-state index in [1.54, 1.807) is 37.4 Å². The van der Waals surface area contributed by atoms with Gasteiger partial charge in [0.1, 0.15) is 0 Å². The molecule has 0 saturated heterocycles. The Labute approximate surface area is 147 Å². The van der Waals surface area contributed by atoms with Gasteiger partial charge in [0.2, 0.25) is 0 Å². The average molecular weight is 336 g/mol. The van der Waals surface area contributed by atoms with Gasteiger partial charge in [-0.2, -0.15) is 5.26 Å². The Hall–Kier alpha value is -3.26. The van der Waals surface area contributed by atoms with Crippen LogP contribution in [0.15, 0.2) is 55.1 Å². The summed E-state index contributed by atoms with van der Waals surface area (Å²) in [6.45, 7) is 3.58. The molecule has 2 aromatic carbocycles. The van der Waals surface area contributed by atoms with Gasteiger partial charge >= 0.3 is 0 Å². The van der Waals surface area contributed by atoms with Gasteiger partial charge in [0.15, 0.2) is 18.1 Å². The van der Waals surface area contributed by atoms with E-state index in [4.69, 9.17) is 14.7 Å². The minimum atomic E-state index is -0.273. The Balaban J connectivity index is 1.93. The monoisotopic (exact) mass is 336 g/mol. The van der Waals surface area contributed by atoms with Crippen LogP contribution in [0.25, 0.3) is 0 Å². The van der Waals surface area contributed by atoms with Crippen LogP contribution >= 0.6 is 0 Å². The molecule has 0 aliphatic carbocycles. The molecule has 5 heteroatoms. The first-order valence-electron chi connectivity index (χ1n) is 7.82. The van der Waals surface area contributed by atoms with Crippen LogP contribution in [0, 0.1) is 11.3 Å². The minimum absolute atomic E-state index is 0.128. The summed E-state index contributed by atoms with van der Waals surface area (Å²) in [5.74, 6) is 0.813. The Morgan fingerprint density at radius 3 is 2.56 bits per heavy atom. The molecule has 0 saturated carbocycles. The van der Waals surface area contributed by atoms with Gasteiger partial charge in [0.25, 0.3) is 5.91 Å². The summed E-state index contributed by atoms with van der Waals surface area (Å²) >= 11 is 0. The van der Waals surface area contributed by atoms with E-state index in [0.717, 1.165) is 17.5 Å². The number of nitriles is 1. The molecule has 0 fully saturated rings. The molecular formula is C20H20N2O3. The molecule has 0 aliphatic rings. The first-order chi connectivity index (χ1) is 12.2. The van der Waals surface area contributed by atoms with E-state index >= 15 is 0 Å². The number of ether oxygens (including phenoxy) is 2. The van der Waals surface area contributed by atoms with Gasteiger partial charge in [-0.15, -0.1) is 6.58 Å². The highest BCUT2D eigenvalue weighted by molar-refractivity contribution is 5.91. The summed E-state index contributed by atoms with van der Waals surface area (Å²) in [5, 5.41) is 11.4. The number of anilines is 1. The van der Waals surface area contributed by atoms with Crippen molar-refractivity contribution in [2.24, 2.45) is 0 Å².